The van der Waals surface area contributed by atoms with Gasteiger partial charge in [0.2, 0.25) is 0 Å². The summed E-state index contributed by atoms with van der Waals surface area (Å²) in [6, 6.07) is 12.8. The number of aromatic amines is 1. The molecule has 4 heteroatoms. The van der Waals surface area contributed by atoms with E-state index in [9.17, 15) is 0 Å². The van der Waals surface area contributed by atoms with Crippen molar-refractivity contribution < 1.29 is 0 Å². The first-order valence-electron chi connectivity index (χ1n) is 8.95. The van der Waals surface area contributed by atoms with E-state index in [2.05, 4.69) is 51.3 Å². The molecule has 0 atom stereocenters. The van der Waals surface area contributed by atoms with E-state index < -0.39 is 0 Å². The summed E-state index contributed by atoms with van der Waals surface area (Å²) in [6.45, 7) is 4.19. The van der Waals surface area contributed by atoms with Crippen LogP contribution in [0.1, 0.15) is 36.3 Å². The lowest BCUT2D eigenvalue weighted by molar-refractivity contribution is 0.574. The van der Waals surface area contributed by atoms with Crippen LogP contribution in [-0.4, -0.2) is 28.0 Å². The summed E-state index contributed by atoms with van der Waals surface area (Å²) in [5.41, 5.74) is 4.76. The summed E-state index contributed by atoms with van der Waals surface area (Å²) < 4.78 is 0. The van der Waals surface area contributed by atoms with Crippen molar-refractivity contribution in [1.29, 1.82) is 0 Å². The number of rotatable bonds is 4. The van der Waals surface area contributed by atoms with E-state index >= 15 is 0 Å². The van der Waals surface area contributed by atoms with Crippen LogP contribution in [0, 0.1) is 6.92 Å². The molecule has 0 bridgehead atoms. The Hall–Kier alpha value is -2.36. The number of hydrogen-bond donors (Lipinski definition) is 1. The van der Waals surface area contributed by atoms with Crippen molar-refractivity contribution in [3.63, 3.8) is 0 Å². The third-order valence-corrected chi connectivity index (χ3v) is 4.81. The molecular weight excluding hydrogens is 296 g/mol. The molecule has 3 heterocycles. The smallest absolute Gasteiger partial charge is 0.156 e. The topological polar surface area (TPSA) is 44.8 Å². The molecule has 24 heavy (non-hydrogen) atoms. The van der Waals surface area contributed by atoms with Crippen LogP contribution in [0.3, 0.4) is 0 Å². The largest absolute Gasteiger partial charge is 0.355 e. The number of anilines is 1. The molecule has 0 spiro atoms. The third-order valence-electron chi connectivity index (χ3n) is 4.81. The highest BCUT2D eigenvalue weighted by Gasteiger charge is 2.18. The van der Waals surface area contributed by atoms with Crippen LogP contribution in [0.15, 0.2) is 36.4 Å². The summed E-state index contributed by atoms with van der Waals surface area (Å²) >= 11 is 0. The fourth-order valence-electron chi connectivity index (χ4n) is 3.56. The van der Waals surface area contributed by atoms with Gasteiger partial charge in [0.05, 0.1) is 5.52 Å². The first-order valence-corrected chi connectivity index (χ1v) is 8.95. The van der Waals surface area contributed by atoms with Gasteiger partial charge < -0.3 is 9.88 Å². The molecule has 0 radical (unpaired) electrons. The lowest BCUT2D eigenvalue weighted by atomic mass is 10.1. The average Bonchev–Trinajstić information content (AvgIpc) is 3.03. The molecule has 2 aromatic heterocycles. The fraction of sp³-hybridized carbons (Fsp3) is 0.400. The van der Waals surface area contributed by atoms with Gasteiger partial charge in [0, 0.05) is 18.8 Å². The number of aromatic nitrogens is 3. The Bertz CT molecular complexity index is 816. The van der Waals surface area contributed by atoms with Gasteiger partial charge in [-0.15, -0.1) is 0 Å². The van der Waals surface area contributed by atoms with Gasteiger partial charge in [0.25, 0.3) is 0 Å². The van der Waals surface area contributed by atoms with Crippen LogP contribution in [0.25, 0.3) is 11.0 Å². The van der Waals surface area contributed by atoms with Crippen molar-refractivity contribution in [2.75, 3.05) is 18.0 Å². The highest BCUT2D eigenvalue weighted by atomic mass is 15.2. The Kier molecular flexibility index (Phi) is 4.20. The van der Waals surface area contributed by atoms with Crippen molar-refractivity contribution in [3.05, 3.63) is 53.5 Å². The van der Waals surface area contributed by atoms with Crippen molar-refractivity contribution in [3.8, 4) is 0 Å². The van der Waals surface area contributed by atoms with Crippen LogP contribution >= 0.6 is 0 Å². The highest BCUT2D eigenvalue weighted by molar-refractivity contribution is 5.87. The molecule has 0 amide bonds. The van der Waals surface area contributed by atoms with Crippen LogP contribution in [0.5, 0.6) is 0 Å². The molecule has 3 aromatic rings. The van der Waals surface area contributed by atoms with Crippen molar-refractivity contribution in [1.82, 2.24) is 15.0 Å². The number of aryl methyl sites for hydroxylation is 3. The molecule has 4 rings (SSSR count). The quantitative estimate of drug-likeness (QED) is 0.789. The molecule has 0 unspecified atom stereocenters. The second kappa shape index (κ2) is 6.63. The van der Waals surface area contributed by atoms with E-state index in [0.29, 0.717) is 0 Å². The molecule has 124 valence electrons. The number of benzene rings is 1. The standard InChI is InChI=1S/C20H24N4/c1-15-21-18-14-17(11-10-16-8-4-2-5-9-16)23-19(18)20(22-15)24-12-6-3-7-13-24/h2,4-5,8-9,14,23H,3,6-7,10-13H2,1H3. The Balaban J connectivity index is 1.62. The minimum absolute atomic E-state index is 0.858. The SMILES string of the molecule is Cc1nc(N2CCCCC2)c2[nH]c(CCc3ccccc3)cc2n1. The van der Waals surface area contributed by atoms with E-state index in [4.69, 9.17) is 4.98 Å². The van der Waals surface area contributed by atoms with E-state index in [1.54, 1.807) is 0 Å². The predicted octanol–water partition coefficient (Wildman–Crippen LogP) is 4.04. The van der Waals surface area contributed by atoms with Crippen LogP contribution in [0.2, 0.25) is 0 Å². The Morgan fingerprint density at radius 1 is 1.00 bits per heavy atom. The van der Waals surface area contributed by atoms with Gasteiger partial charge in [-0.3, -0.25) is 0 Å². The molecule has 1 N–H and O–H groups in total. The van der Waals surface area contributed by atoms with Gasteiger partial charge in [0.1, 0.15) is 11.3 Å². The maximum absolute atomic E-state index is 4.74. The zero-order chi connectivity index (χ0) is 16.4. The summed E-state index contributed by atoms with van der Waals surface area (Å²) in [5, 5.41) is 0. The van der Waals surface area contributed by atoms with Gasteiger partial charge in [0.15, 0.2) is 5.82 Å². The maximum atomic E-state index is 4.74. The number of hydrogen-bond acceptors (Lipinski definition) is 3. The third kappa shape index (κ3) is 3.14. The summed E-state index contributed by atoms with van der Waals surface area (Å²) in [4.78, 5) is 15.4. The molecule has 1 saturated heterocycles. The van der Waals surface area contributed by atoms with Gasteiger partial charge in [-0.25, -0.2) is 9.97 Å². The zero-order valence-electron chi connectivity index (χ0n) is 14.3. The van der Waals surface area contributed by atoms with Crippen LogP contribution < -0.4 is 4.90 Å². The van der Waals surface area contributed by atoms with E-state index in [1.165, 1.54) is 30.5 Å². The zero-order valence-corrected chi connectivity index (χ0v) is 14.3. The monoisotopic (exact) mass is 320 g/mol. The second-order valence-electron chi connectivity index (χ2n) is 6.68. The van der Waals surface area contributed by atoms with E-state index in [0.717, 1.165) is 48.6 Å². The van der Waals surface area contributed by atoms with Crippen molar-refractivity contribution in [2.24, 2.45) is 0 Å². The minimum Gasteiger partial charge on any atom is -0.355 e. The summed E-state index contributed by atoms with van der Waals surface area (Å²) in [5.74, 6) is 1.94. The van der Waals surface area contributed by atoms with Gasteiger partial charge in [-0.2, -0.15) is 0 Å². The van der Waals surface area contributed by atoms with Gasteiger partial charge >= 0.3 is 0 Å². The fourth-order valence-corrected chi connectivity index (χ4v) is 3.56. The first kappa shape index (κ1) is 15.2. The molecule has 1 fully saturated rings. The van der Waals surface area contributed by atoms with Crippen molar-refractivity contribution in [2.45, 2.75) is 39.0 Å². The molecule has 0 aliphatic carbocycles. The number of fused-ring (bicyclic) bond motifs is 1. The minimum atomic E-state index is 0.858. The normalized spacial score (nSPS) is 15.1. The number of nitrogens with zero attached hydrogens (tertiary/aromatic N) is 3. The molecular formula is C20H24N4. The van der Waals surface area contributed by atoms with Crippen LogP contribution in [0.4, 0.5) is 5.82 Å². The molecule has 1 aromatic carbocycles. The Morgan fingerprint density at radius 2 is 1.79 bits per heavy atom. The lowest BCUT2D eigenvalue weighted by Crippen LogP contribution is -2.30. The first-order chi connectivity index (χ1) is 11.8. The number of piperidine rings is 1. The summed E-state index contributed by atoms with van der Waals surface area (Å²) in [7, 11) is 0. The molecule has 4 nitrogen and oxygen atoms in total. The number of nitrogens with one attached hydrogen (secondary N) is 1. The second-order valence-corrected chi connectivity index (χ2v) is 6.68. The summed E-state index contributed by atoms with van der Waals surface area (Å²) in [6.07, 6.45) is 5.88. The molecule has 1 aliphatic rings. The predicted molar refractivity (Wildman–Crippen MR) is 98.5 cm³/mol. The molecule has 0 saturated carbocycles. The molecule has 1 aliphatic heterocycles. The van der Waals surface area contributed by atoms with Crippen LogP contribution in [-0.2, 0) is 12.8 Å². The van der Waals surface area contributed by atoms with Gasteiger partial charge in [-0.05, 0) is 50.7 Å². The van der Waals surface area contributed by atoms with E-state index in [-0.39, 0.29) is 0 Å². The lowest BCUT2D eigenvalue weighted by Gasteiger charge is -2.28. The average molecular weight is 320 g/mol. The van der Waals surface area contributed by atoms with E-state index in [1.807, 2.05) is 6.92 Å². The maximum Gasteiger partial charge on any atom is 0.156 e. The van der Waals surface area contributed by atoms with Gasteiger partial charge in [-0.1, -0.05) is 30.3 Å². The Labute approximate surface area is 142 Å². The number of H-pyrrole nitrogens is 1. The highest BCUT2D eigenvalue weighted by Crippen LogP contribution is 2.27. The van der Waals surface area contributed by atoms with Crippen molar-refractivity contribution >= 4 is 16.9 Å². The Morgan fingerprint density at radius 3 is 2.58 bits per heavy atom.